The van der Waals surface area contributed by atoms with Crippen LogP contribution in [0.3, 0.4) is 0 Å². The number of alkyl halides is 5. The molecule has 0 amide bonds. The maximum absolute atomic E-state index is 12.6. The lowest BCUT2D eigenvalue weighted by molar-refractivity contribution is -0.276. The first-order valence-electron chi connectivity index (χ1n) is 4.03. The van der Waals surface area contributed by atoms with Gasteiger partial charge in [-0.15, -0.1) is 13.2 Å². The highest BCUT2D eigenvalue weighted by Gasteiger charge is 2.33. The summed E-state index contributed by atoms with van der Waals surface area (Å²) in [5, 5.41) is 0. The van der Waals surface area contributed by atoms with Crippen molar-refractivity contribution in [3.63, 3.8) is 0 Å². The fourth-order valence-corrected chi connectivity index (χ4v) is 1.74. The first-order chi connectivity index (χ1) is 7.74. The van der Waals surface area contributed by atoms with Crippen molar-refractivity contribution in [2.45, 2.75) is 12.8 Å². The minimum atomic E-state index is -4.94. The van der Waals surface area contributed by atoms with Crippen molar-refractivity contribution in [3.05, 3.63) is 15.2 Å². The normalized spacial score (nSPS) is 11.8. The Labute approximate surface area is 106 Å². The summed E-state index contributed by atoms with van der Waals surface area (Å²) in [5.74, 6) is -1.44. The van der Waals surface area contributed by atoms with Gasteiger partial charge in [-0.1, -0.05) is 0 Å². The molecule has 0 radical (unpaired) electrons. The van der Waals surface area contributed by atoms with Crippen LogP contribution in [0.4, 0.5) is 22.0 Å². The van der Waals surface area contributed by atoms with Crippen LogP contribution in [0.2, 0.25) is 0 Å². The largest absolute Gasteiger partial charge is 0.574 e. The van der Waals surface area contributed by atoms with Crippen LogP contribution < -0.4 is 9.47 Å². The maximum atomic E-state index is 12.6. The monoisotopic (exact) mass is 369 g/mol. The lowest BCUT2D eigenvalue weighted by Gasteiger charge is -2.12. The zero-order chi connectivity index (χ0) is 13.2. The van der Waals surface area contributed by atoms with Gasteiger partial charge in [-0.2, -0.15) is 4.98 Å². The molecule has 0 aromatic carbocycles. The van der Waals surface area contributed by atoms with Gasteiger partial charge in [-0.05, 0) is 22.6 Å². The fraction of sp³-hybridized carbons (Fsp3) is 0.375. The first kappa shape index (κ1) is 14.2. The van der Waals surface area contributed by atoms with Crippen molar-refractivity contribution in [2.75, 3.05) is 7.11 Å². The van der Waals surface area contributed by atoms with E-state index in [1.165, 1.54) is 22.6 Å². The zero-order valence-electron chi connectivity index (χ0n) is 8.19. The van der Waals surface area contributed by atoms with Crippen LogP contribution >= 0.6 is 22.6 Å². The van der Waals surface area contributed by atoms with Gasteiger partial charge < -0.3 is 9.47 Å². The lowest BCUT2D eigenvalue weighted by atomic mass is 10.3. The summed E-state index contributed by atoms with van der Waals surface area (Å²) >= 11 is 1.45. The highest BCUT2D eigenvalue weighted by Crippen LogP contribution is 2.35. The van der Waals surface area contributed by atoms with E-state index in [0.29, 0.717) is 0 Å². The van der Waals surface area contributed by atoms with Crippen LogP contribution in [0.15, 0.2) is 6.07 Å². The summed E-state index contributed by atoms with van der Waals surface area (Å²) in [7, 11) is 1.03. The van der Waals surface area contributed by atoms with Crippen LogP contribution in [-0.4, -0.2) is 18.5 Å². The molecule has 0 unspecified atom stereocenters. The number of hydrogen-bond donors (Lipinski definition) is 0. The highest BCUT2D eigenvalue weighted by atomic mass is 127. The number of ether oxygens (including phenoxy) is 2. The van der Waals surface area contributed by atoms with E-state index >= 15 is 0 Å². The van der Waals surface area contributed by atoms with Gasteiger partial charge in [0.2, 0.25) is 11.8 Å². The van der Waals surface area contributed by atoms with Gasteiger partial charge in [0.25, 0.3) is 6.43 Å². The molecular weight excluding hydrogens is 364 g/mol. The number of nitrogens with zero attached hydrogens (tertiary/aromatic N) is 1. The van der Waals surface area contributed by atoms with Crippen molar-refractivity contribution in [2.24, 2.45) is 0 Å². The van der Waals surface area contributed by atoms with Crippen LogP contribution in [-0.2, 0) is 0 Å². The van der Waals surface area contributed by atoms with Crippen molar-refractivity contribution in [1.29, 1.82) is 0 Å². The summed E-state index contributed by atoms with van der Waals surface area (Å²) in [6, 6.07) is 0.762. The van der Waals surface area contributed by atoms with Crippen molar-refractivity contribution >= 4 is 22.6 Å². The van der Waals surface area contributed by atoms with Gasteiger partial charge in [-0.25, -0.2) is 8.78 Å². The second kappa shape index (κ2) is 5.19. The minimum absolute atomic E-state index is 0.122. The summed E-state index contributed by atoms with van der Waals surface area (Å²) in [5.41, 5.74) is -0.567. The van der Waals surface area contributed by atoms with E-state index in [0.717, 1.165) is 13.2 Å². The van der Waals surface area contributed by atoms with Crippen LogP contribution in [0.5, 0.6) is 11.8 Å². The second-order valence-electron chi connectivity index (χ2n) is 2.71. The highest BCUT2D eigenvalue weighted by molar-refractivity contribution is 14.1. The number of aromatic nitrogens is 1. The smallest absolute Gasteiger partial charge is 0.481 e. The lowest BCUT2D eigenvalue weighted by Crippen LogP contribution is -2.18. The minimum Gasteiger partial charge on any atom is -0.481 e. The van der Waals surface area contributed by atoms with Crippen molar-refractivity contribution in [1.82, 2.24) is 4.98 Å². The molecule has 0 N–H and O–H groups in total. The molecule has 9 heteroatoms. The Morgan fingerprint density at radius 2 is 1.94 bits per heavy atom. The molecule has 1 rings (SSSR count). The van der Waals surface area contributed by atoms with Gasteiger partial charge in [-0.3, -0.25) is 0 Å². The van der Waals surface area contributed by atoms with Crippen molar-refractivity contribution in [3.8, 4) is 11.8 Å². The molecule has 0 atom stereocenters. The Morgan fingerprint density at radius 1 is 1.35 bits per heavy atom. The third-order valence-electron chi connectivity index (χ3n) is 1.58. The average molecular weight is 369 g/mol. The van der Waals surface area contributed by atoms with Crippen LogP contribution in [0.1, 0.15) is 12.0 Å². The number of pyridine rings is 1. The summed E-state index contributed by atoms with van der Waals surface area (Å²) in [4.78, 5) is 3.21. The number of rotatable bonds is 3. The molecule has 1 aromatic heterocycles. The topological polar surface area (TPSA) is 31.4 Å². The number of hydrogen-bond acceptors (Lipinski definition) is 3. The van der Waals surface area contributed by atoms with E-state index in [1.54, 1.807) is 0 Å². The molecule has 0 aliphatic heterocycles. The third-order valence-corrected chi connectivity index (χ3v) is 2.47. The molecule has 0 aliphatic carbocycles. The van der Waals surface area contributed by atoms with Crippen molar-refractivity contribution < 1.29 is 31.4 Å². The molecule has 1 aromatic rings. The summed E-state index contributed by atoms with van der Waals surface area (Å²) < 4.78 is 68.8. The van der Waals surface area contributed by atoms with Gasteiger partial charge in [0.1, 0.15) is 0 Å². The quantitative estimate of drug-likeness (QED) is 0.604. The summed E-state index contributed by atoms with van der Waals surface area (Å²) in [6.07, 6.45) is -7.84. The van der Waals surface area contributed by atoms with E-state index in [-0.39, 0.29) is 3.57 Å². The van der Waals surface area contributed by atoms with Gasteiger partial charge in [0.15, 0.2) is 0 Å². The standard InChI is InChI=1S/C8H5F5INO2/c1-16-7-5(6(9)10)3(14)2-4(15-7)17-8(11,12)13/h2,6H,1H3. The predicted molar refractivity (Wildman–Crippen MR) is 55.1 cm³/mol. The van der Waals surface area contributed by atoms with Gasteiger partial charge in [0, 0.05) is 9.64 Å². The SMILES string of the molecule is COc1nc(OC(F)(F)F)cc(I)c1C(F)F. The second-order valence-corrected chi connectivity index (χ2v) is 3.88. The Balaban J connectivity index is 3.18. The van der Waals surface area contributed by atoms with Gasteiger partial charge in [0.05, 0.1) is 12.7 Å². The average Bonchev–Trinajstić information content (AvgIpc) is 2.12. The molecule has 0 fully saturated rings. The maximum Gasteiger partial charge on any atom is 0.574 e. The van der Waals surface area contributed by atoms with E-state index in [2.05, 4.69) is 14.5 Å². The molecule has 1 heterocycles. The van der Waals surface area contributed by atoms with Gasteiger partial charge >= 0.3 is 6.36 Å². The molecule has 0 saturated heterocycles. The Kier molecular flexibility index (Phi) is 4.33. The Hall–Kier alpha value is -0.870. The molecule has 0 spiro atoms. The number of methoxy groups -OCH3 is 1. The first-order valence-corrected chi connectivity index (χ1v) is 5.10. The van der Waals surface area contributed by atoms with E-state index in [4.69, 9.17) is 0 Å². The Bertz CT molecular complexity index is 410. The summed E-state index contributed by atoms with van der Waals surface area (Å²) in [6.45, 7) is 0. The van der Waals surface area contributed by atoms with Crippen LogP contribution in [0, 0.1) is 3.57 Å². The molecule has 96 valence electrons. The zero-order valence-corrected chi connectivity index (χ0v) is 10.3. The molecule has 3 nitrogen and oxygen atoms in total. The van der Waals surface area contributed by atoms with E-state index in [9.17, 15) is 22.0 Å². The number of halogens is 6. The van der Waals surface area contributed by atoms with E-state index in [1.807, 2.05) is 0 Å². The molecule has 0 saturated carbocycles. The van der Waals surface area contributed by atoms with E-state index < -0.39 is 30.1 Å². The molecule has 0 bridgehead atoms. The third kappa shape index (κ3) is 3.82. The van der Waals surface area contributed by atoms with Crippen LogP contribution in [0.25, 0.3) is 0 Å². The molecule has 17 heavy (non-hydrogen) atoms. The molecule has 0 aliphatic rings. The Morgan fingerprint density at radius 3 is 2.35 bits per heavy atom. The molecular formula is C8H5F5INO2. The predicted octanol–water partition coefficient (Wildman–Crippen LogP) is 3.53. The fourth-order valence-electron chi connectivity index (χ4n) is 1.00.